The number of carbonyl (C=O) groups is 1. The van der Waals surface area contributed by atoms with Crippen molar-refractivity contribution in [1.29, 1.82) is 0 Å². The van der Waals surface area contributed by atoms with Crippen LogP contribution in [0.1, 0.15) is 24.2 Å². The van der Waals surface area contributed by atoms with Crippen LogP contribution in [-0.4, -0.2) is 38.8 Å². The number of nitrogens with zero attached hydrogens (tertiary/aromatic N) is 1. The van der Waals surface area contributed by atoms with Crippen LogP contribution in [0.5, 0.6) is 0 Å². The van der Waals surface area contributed by atoms with Crippen molar-refractivity contribution in [3.8, 4) is 0 Å². The second-order valence-corrected chi connectivity index (χ2v) is 7.57. The molecule has 1 amide bonds. The van der Waals surface area contributed by atoms with Gasteiger partial charge in [-0.15, -0.1) is 12.4 Å². The number of benzene rings is 1. The molecule has 120 valence electrons. The Morgan fingerprint density at radius 1 is 1.33 bits per heavy atom. The largest absolute Gasteiger partial charge is 0.366 e. The molecule has 6 nitrogen and oxygen atoms in total. The van der Waals surface area contributed by atoms with Gasteiger partial charge in [0.15, 0.2) is 0 Å². The predicted octanol–water partition coefficient (Wildman–Crippen LogP) is 0.813. The molecule has 1 aromatic rings. The smallest absolute Gasteiger partial charge is 0.248 e. The van der Waals surface area contributed by atoms with Crippen LogP contribution >= 0.6 is 12.4 Å². The van der Waals surface area contributed by atoms with Gasteiger partial charge in [-0.2, -0.15) is 0 Å². The molecule has 0 aliphatic rings. The summed E-state index contributed by atoms with van der Waals surface area (Å²) in [7, 11) is -2.18. The molecule has 0 aliphatic heterocycles. The molecule has 0 radical (unpaired) electrons. The van der Waals surface area contributed by atoms with E-state index in [-0.39, 0.29) is 34.8 Å². The Kier molecular flexibility index (Phi) is 6.82. The van der Waals surface area contributed by atoms with E-state index in [0.717, 1.165) is 0 Å². The van der Waals surface area contributed by atoms with Crippen molar-refractivity contribution in [2.75, 3.05) is 20.1 Å². The van der Waals surface area contributed by atoms with Crippen molar-refractivity contribution in [2.24, 2.45) is 16.9 Å². The molecule has 1 rings (SSSR count). The molecule has 0 atom stereocenters. The number of halogens is 1. The Morgan fingerprint density at radius 2 is 1.90 bits per heavy atom. The molecule has 0 heterocycles. The summed E-state index contributed by atoms with van der Waals surface area (Å²) in [5, 5.41) is 0. The number of hydrogen-bond acceptors (Lipinski definition) is 4. The fourth-order valence-electron chi connectivity index (χ4n) is 1.74. The van der Waals surface area contributed by atoms with Gasteiger partial charge in [0, 0.05) is 19.2 Å². The van der Waals surface area contributed by atoms with Gasteiger partial charge < -0.3 is 11.5 Å². The second-order valence-electron chi connectivity index (χ2n) is 5.52. The normalized spacial score (nSPS) is 12.0. The zero-order valence-electron chi connectivity index (χ0n) is 12.4. The molecule has 0 fully saturated rings. The maximum atomic E-state index is 12.4. The number of amides is 1. The molecule has 0 bridgehead atoms. The van der Waals surface area contributed by atoms with Crippen LogP contribution in [0.2, 0.25) is 0 Å². The third-order valence-electron chi connectivity index (χ3n) is 3.03. The Hall–Kier alpha value is -1.15. The third kappa shape index (κ3) is 4.96. The van der Waals surface area contributed by atoms with Gasteiger partial charge in [0.2, 0.25) is 15.9 Å². The predicted molar refractivity (Wildman–Crippen MR) is 84.9 cm³/mol. The van der Waals surface area contributed by atoms with E-state index in [9.17, 15) is 13.2 Å². The molecule has 21 heavy (non-hydrogen) atoms. The summed E-state index contributed by atoms with van der Waals surface area (Å²) in [5.41, 5.74) is 10.6. The van der Waals surface area contributed by atoms with E-state index in [2.05, 4.69) is 0 Å². The van der Waals surface area contributed by atoms with E-state index in [1.54, 1.807) is 0 Å². The van der Waals surface area contributed by atoms with E-state index in [1.807, 2.05) is 13.8 Å². The summed E-state index contributed by atoms with van der Waals surface area (Å²) >= 11 is 0. The highest BCUT2D eigenvalue weighted by Gasteiger charge is 2.27. The lowest BCUT2D eigenvalue weighted by atomic mass is 9.94. The number of primary amides is 1. The Morgan fingerprint density at radius 3 is 2.38 bits per heavy atom. The molecular weight excluding hydrogens is 314 g/mol. The van der Waals surface area contributed by atoms with E-state index < -0.39 is 15.9 Å². The lowest BCUT2D eigenvalue weighted by Gasteiger charge is -2.28. The van der Waals surface area contributed by atoms with Crippen molar-refractivity contribution in [3.05, 3.63) is 29.8 Å². The average Bonchev–Trinajstić information content (AvgIpc) is 2.38. The first-order chi connectivity index (χ1) is 9.10. The minimum Gasteiger partial charge on any atom is -0.366 e. The van der Waals surface area contributed by atoms with E-state index in [1.165, 1.54) is 35.6 Å². The van der Waals surface area contributed by atoms with Crippen LogP contribution in [-0.2, 0) is 10.0 Å². The molecule has 0 unspecified atom stereocenters. The monoisotopic (exact) mass is 335 g/mol. The maximum absolute atomic E-state index is 12.4. The van der Waals surface area contributed by atoms with E-state index in [0.29, 0.717) is 6.54 Å². The fraction of sp³-hybridized carbons (Fsp3) is 0.462. The van der Waals surface area contributed by atoms with Crippen LogP contribution in [0.3, 0.4) is 0 Å². The van der Waals surface area contributed by atoms with Crippen molar-refractivity contribution in [1.82, 2.24) is 4.31 Å². The summed E-state index contributed by atoms with van der Waals surface area (Å²) in [6, 6.07) is 5.69. The topological polar surface area (TPSA) is 106 Å². The Balaban J connectivity index is 0.00000400. The molecule has 0 saturated heterocycles. The molecule has 4 N–H and O–H groups in total. The number of nitrogens with two attached hydrogens (primary N) is 2. The first-order valence-electron chi connectivity index (χ1n) is 6.16. The zero-order chi connectivity index (χ0) is 15.6. The maximum Gasteiger partial charge on any atom is 0.248 e. The van der Waals surface area contributed by atoms with Crippen LogP contribution in [0, 0.1) is 5.41 Å². The van der Waals surface area contributed by atoms with Crippen LogP contribution in [0.25, 0.3) is 0 Å². The van der Waals surface area contributed by atoms with Crippen LogP contribution in [0.15, 0.2) is 29.2 Å². The SMILES string of the molecule is CN(CC(C)(C)CN)S(=O)(=O)c1cccc(C(N)=O)c1.Cl. The highest BCUT2D eigenvalue weighted by Crippen LogP contribution is 2.21. The fourth-order valence-corrected chi connectivity index (χ4v) is 3.15. The highest BCUT2D eigenvalue weighted by molar-refractivity contribution is 7.89. The van der Waals surface area contributed by atoms with Crippen molar-refractivity contribution < 1.29 is 13.2 Å². The van der Waals surface area contributed by atoms with Gasteiger partial charge in [0.25, 0.3) is 0 Å². The molecule has 1 aromatic carbocycles. The minimum absolute atomic E-state index is 0. The quantitative estimate of drug-likeness (QED) is 0.802. The van der Waals surface area contributed by atoms with Gasteiger partial charge >= 0.3 is 0 Å². The van der Waals surface area contributed by atoms with Crippen molar-refractivity contribution >= 4 is 28.3 Å². The first kappa shape index (κ1) is 19.9. The van der Waals surface area contributed by atoms with E-state index in [4.69, 9.17) is 11.5 Å². The van der Waals surface area contributed by atoms with Gasteiger partial charge in [-0.1, -0.05) is 19.9 Å². The summed E-state index contributed by atoms with van der Waals surface area (Å²) in [6.45, 7) is 4.43. The molecular formula is C13H22ClN3O3S. The molecule has 0 spiro atoms. The summed E-state index contributed by atoms with van der Waals surface area (Å²) in [6.07, 6.45) is 0. The molecule has 0 saturated carbocycles. The lowest BCUT2D eigenvalue weighted by molar-refractivity contribution is 0.1000. The van der Waals surface area contributed by atoms with Gasteiger partial charge in [-0.25, -0.2) is 12.7 Å². The molecule has 0 aromatic heterocycles. The number of rotatable bonds is 6. The minimum atomic E-state index is -3.67. The highest BCUT2D eigenvalue weighted by atomic mass is 35.5. The van der Waals surface area contributed by atoms with E-state index >= 15 is 0 Å². The summed E-state index contributed by atoms with van der Waals surface area (Å²) < 4.78 is 26.1. The lowest BCUT2D eigenvalue weighted by Crippen LogP contribution is -2.39. The van der Waals surface area contributed by atoms with Crippen molar-refractivity contribution in [2.45, 2.75) is 18.7 Å². The number of carbonyl (C=O) groups excluding carboxylic acids is 1. The summed E-state index contributed by atoms with van der Waals surface area (Å²) in [5.74, 6) is -0.660. The second kappa shape index (κ2) is 7.22. The summed E-state index contributed by atoms with van der Waals surface area (Å²) in [4.78, 5) is 11.2. The average molecular weight is 336 g/mol. The first-order valence-corrected chi connectivity index (χ1v) is 7.60. The van der Waals surface area contributed by atoms with Gasteiger partial charge in [-0.05, 0) is 30.2 Å². The van der Waals surface area contributed by atoms with Gasteiger partial charge in [-0.3, -0.25) is 4.79 Å². The van der Waals surface area contributed by atoms with Crippen LogP contribution < -0.4 is 11.5 Å². The third-order valence-corrected chi connectivity index (χ3v) is 4.83. The molecule has 8 heteroatoms. The Labute approximate surface area is 132 Å². The van der Waals surface area contributed by atoms with Gasteiger partial charge in [0.05, 0.1) is 4.90 Å². The van der Waals surface area contributed by atoms with Crippen molar-refractivity contribution in [3.63, 3.8) is 0 Å². The molecule has 0 aliphatic carbocycles. The standard InChI is InChI=1S/C13H21N3O3S.ClH/c1-13(2,8-14)9-16(3)20(18,19)11-6-4-5-10(7-11)12(15)17;/h4-7H,8-9,14H2,1-3H3,(H2,15,17);1H. The Bertz CT molecular complexity index is 602. The van der Waals surface area contributed by atoms with Gasteiger partial charge in [0.1, 0.15) is 0 Å². The number of sulfonamides is 1. The van der Waals surface area contributed by atoms with Crippen LogP contribution in [0.4, 0.5) is 0 Å². The zero-order valence-corrected chi connectivity index (χ0v) is 14.0. The number of hydrogen-bond donors (Lipinski definition) is 2.